The fraction of sp³-hybridized carbons (Fsp3) is 0.500. The quantitative estimate of drug-likeness (QED) is 0.579. The van der Waals surface area contributed by atoms with Crippen LogP contribution in [0.1, 0.15) is 58.1 Å². The van der Waals surface area contributed by atoms with E-state index in [1.807, 2.05) is 33.8 Å². The van der Waals surface area contributed by atoms with Crippen molar-refractivity contribution >= 4 is 23.4 Å². The number of hydrogen-bond acceptors (Lipinski definition) is 4. The van der Waals surface area contributed by atoms with Gasteiger partial charge in [-0.05, 0) is 51.2 Å². The van der Waals surface area contributed by atoms with Gasteiger partial charge in [0.25, 0.3) is 0 Å². The molecule has 3 heterocycles. The van der Waals surface area contributed by atoms with Crippen molar-refractivity contribution in [3.8, 4) is 5.75 Å². The molecule has 176 valence electrons. The number of amides is 3. The maximum atomic E-state index is 13.8. The first kappa shape index (κ1) is 23.1. The molecular weight excluding hydrogens is 418 g/mol. The van der Waals surface area contributed by atoms with Crippen LogP contribution in [0.3, 0.4) is 0 Å². The Morgan fingerprint density at radius 3 is 2.70 bits per heavy atom. The summed E-state index contributed by atoms with van der Waals surface area (Å²) >= 11 is 0. The smallest absolute Gasteiger partial charge is 0.245 e. The average molecular weight is 452 g/mol. The molecule has 1 aromatic rings. The number of aromatic hydroxyl groups is 1. The molecule has 3 aliphatic heterocycles. The molecular formula is C26H33N3O4. The van der Waals surface area contributed by atoms with E-state index in [1.165, 1.54) is 0 Å². The highest BCUT2D eigenvalue weighted by atomic mass is 16.3. The molecule has 3 aliphatic rings. The Hall–Kier alpha value is -3.09. The van der Waals surface area contributed by atoms with Crippen LogP contribution in [-0.4, -0.2) is 46.4 Å². The second kappa shape index (κ2) is 8.04. The van der Waals surface area contributed by atoms with Gasteiger partial charge in [0.15, 0.2) is 0 Å². The van der Waals surface area contributed by atoms with E-state index in [9.17, 15) is 19.5 Å². The van der Waals surface area contributed by atoms with E-state index in [1.54, 1.807) is 23.1 Å². The molecule has 0 aliphatic carbocycles. The van der Waals surface area contributed by atoms with Crippen LogP contribution in [0.5, 0.6) is 5.75 Å². The van der Waals surface area contributed by atoms with Crippen molar-refractivity contribution in [3.05, 3.63) is 47.6 Å². The number of benzene rings is 1. The van der Waals surface area contributed by atoms with E-state index < -0.39 is 22.9 Å². The monoisotopic (exact) mass is 451 g/mol. The number of carbonyl (C=O) groups excluding carboxylic acids is 3. The van der Waals surface area contributed by atoms with Crippen molar-refractivity contribution in [2.45, 2.75) is 70.9 Å². The van der Waals surface area contributed by atoms with Gasteiger partial charge >= 0.3 is 0 Å². The summed E-state index contributed by atoms with van der Waals surface area (Å²) in [5.41, 5.74) is 1.17. The highest BCUT2D eigenvalue weighted by molar-refractivity contribution is 6.09. The van der Waals surface area contributed by atoms with Crippen LogP contribution in [0.15, 0.2) is 36.4 Å². The van der Waals surface area contributed by atoms with Crippen LogP contribution in [0, 0.1) is 5.41 Å². The lowest BCUT2D eigenvalue weighted by Gasteiger charge is -2.44. The van der Waals surface area contributed by atoms with Crippen LogP contribution >= 0.6 is 0 Å². The summed E-state index contributed by atoms with van der Waals surface area (Å²) in [6.45, 7) is 12.4. The second-order valence-electron chi connectivity index (χ2n) is 10.2. The summed E-state index contributed by atoms with van der Waals surface area (Å²) in [6.07, 6.45) is 5.79. The first-order valence-corrected chi connectivity index (χ1v) is 11.6. The molecule has 0 aromatic heterocycles. The highest BCUT2D eigenvalue weighted by Gasteiger charge is 2.59. The van der Waals surface area contributed by atoms with Crippen LogP contribution < -0.4 is 10.6 Å². The Labute approximate surface area is 194 Å². The van der Waals surface area contributed by atoms with Gasteiger partial charge in [0.05, 0.1) is 11.1 Å². The van der Waals surface area contributed by atoms with Crippen molar-refractivity contribution in [1.82, 2.24) is 10.2 Å². The molecule has 4 rings (SSSR count). The van der Waals surface area contributed by atoms with E-state index >= 15 is 0 Å². The topological polar surface area (TPSA) is 98.7 Å². The zero-order valence-electron chi connectivity index (χ0n) is 19.8. The number of fused-ring (bicyclic) bond motifs is 2. The van der Waals surface area contributed by atoms with Crippen LogP contribution in [0.4, 0.5) is 5.69 Å². The van der Waals surface area contributed by atoms with Gasteiger partial charge in [-0.3, -0.25) is 14.4 Å². The number of piperazine rings is 1. The van der Waals surface area contributed by atoms with Gasteiger partial charge in [-0.2, -0.15) is 0 Å². The highest BCUT2D eigenvalue weighted by Crippen LogP contribution is 2.55. The molecule has 2 saturated heterocycles. The van der Waals surface area contributed by atoms with E-state index in [0.717, 1.165) is 17.6 Å². The van der Waals surface area contributed by atoms with Crippen molar-refractivity contribution in [2.24, 2.45) is 5.41 Å². The van der Waals surface area contributed by atoms with Gasteiger partial charge in [-0.15, -0.1) is 6.58 Å². The molecule has 0 radical (unpaired) electrons. The molecule has 7 nitrogen and oxygen atoms in total. The first-order valence-electron chi connectivity index (χ1n) is 11.6. The standard InChI is InChI=1S/C26H33N3O4/c1-6-25(4,5)26(14-18-23(32)29-13-7-8-19(29)22(31)27-18)17-11-12-20(30)16(10-9-15(2)3)21(17)28-24(26)33/h6,9,11-12,18-19,30H,1,7-8,10,13-14H2,2-5H3,(H,27,31)(H,28,33)/t18-,19-,26+/m0/s1. The second-order valence-corrected chi connectivity index (χ2v) is 10.2. The van der Waals surface area contributed by atoms with E-state index in [-0.39, 0.29) is 29.9 Å². The predicted octanol–water partition coefficient (Wildman–Crippen LogP) is 3.18. The Bertz CT molecular complexity index is 1070. The van der Waals surface area contributed by atoms with Crippen LogP contribution in [-0.2, 0) is 26.2 Å². The summed E-state index contributed by atoms with van der Waals surface area (Å²) in [6, 6.07) is 2.15. The van der Waals surface area contributed by atoms with Crippen LogP contribution in [0.2, 0.25) is 0 Å². The number of hydrogen-bond donors (Lipinski definition) is 3. The number of anilines is 1. The summed E-state index contributed by atoms with van der Waals surface area (Å²) in [5, 5.41) is 16.5. The third-order valence-corrected chi connectivity index (χ3v) is 7.66. The maximum Gasteiger partial charge on any atom is 0.245 e. The lowest BCUT2D eigenvalue weighted by Crippen LogP contribution is -2.63. The third-order valence-electron chi connectivity index (χ3n) is 7.66. The molecule has 1 aromatic carbocycles. The molecule has 3 atom stereocenters. The van der Waals surface area contributed by atoms with Gasteiger partial charge < -0.3 is 20.6 Å². The number of nitrogens with zero attached hydrogens (tertiary/aromatic N) is 1. The van der Waals surface area contributed by atoms with Crippen molar-refractivity contribution in [1.29, 1.82) is 0 Å². The molecule has 3 N–H and O–H groups in total. The molecule has 0 bridgehead atoms. The van der Waals surface area contributed by atoms with E-state index in [2.05, 4.69) is 17.2 Å². The Kier molecular flexibility index (Phi) is 5.63. The first-order chi connectivity index (χ1) is 15.5. The fourth-order valence-corrected chi connectivity index (χ4v) is 5.55. The van der Waals surface area contributed by atoms with E-state index in [4.69, 9.17) is 0 Å². The Morgan fingerprint density at radius 1 is 1.30 bits per heavy atom. The van der Waals surface area contributed by atoms with Crippen LogP contribution in [0.25, 0.3) is 0 Å². The minimum Gasteiger partial charge on any atom is -0.508 e. The molecule has 2 fully saturated rings. The van der Waals surface area contributed by atoms with Gasteiger partial charge in [0, 0.05) is 17.5 Å². The summed E-state index contributed by atoms with van der Waals surface area (Å²) < 4.78 is 0. The fourth-order valence-electron chi connectivity index (χ4n) is 5.55. The molecule has 0 unspecified atom stereocenters. The van der Waals surface area contributed by atoms with Gasteiger partial charge in [-0.1, -0.05) is 37.6 Å². The number of nitrogens with one attached hydrogen (secondary N) is 2. The van der Waals surface area contributed by atoms with Gasteiger partial charge in [0.2, 0.25) is 17.7 Å². The summed E-state index contributed by atoms with van der Waals surface area (Å²) in [5.74, 6) is -0.434. The summed E-state index contributed by atoms with van der Waals surface area (Å²) in [4.78, 5) is 41.5. The molecule has 33 heavy (non-hydrogen) atoms. The lowest BCUT2D eigenvalue weighted by atomic mass is 9.59. The zero-order valence-corrected chi connectivity index (χ0v) is 19.8. The van der Waals surface area contributed by atoms with Crippen molar-refractivity contribution < 1.29 is 19.5 Å². The lowest BCUT2D eigenvalue weighted by molar-refractivity contribution is -0.148. The molecule has 0 spiro atoms. The number of allylic oxidation sites excluding steroid dienone is 3. The van der Waals surface area contributed by atoms with Gasteiger partial charge in [0.1, 0.15) is 17.8 Å². The molecule has 3 amide bonds. The number of phenols is 1. The summed E-state index contributed by atoms with van der Waals surface area (Å²) in [7, 11) is 0. The number of rotatable bonds is 6. The molecule has 7 heteroatoms. The number of phenolic OH excluding ortho intramolecular Hbond substituents is 1. The van der Waals surface area contributed by atoms with Crippen molar-refractivity contribution in [2.75, 3.05) is 11.9 Å². The third kappa shape index (κ3) is 3.45. The minimum atomic E-state index is -1.14. The SMILES string of the molecule is C=CC(C)(C)[C@@]1(C[C@@H]2NC(=O)[C@@H]3CCCN3C2=O)C(=O)Nc2c1ccc(O)c2CC=C(C)C. The minimum absolute atomic E-state index is 0.112. The number of carbonyl (C=O) groups is 3. The maximum absolute atomic E-state index is 13.8. The normalized spacial score (nSPS) is 26.4. The molecule has 0 saturated carbocycles. The Balaban J connectivity index is 1.83. The Morgan fingerprint density at radius 2 is 2.03 bits per heavy atom. The van der Waals surface area contributed by atoms with Gasteiger partial charge in [-0.25, -0.2) is 0 Å². The van der Waals surface area contributed by atoms with Crippen molar-refractivity contribution in [3.63, 3.8) is 0 Å². The van der Waals surface area contributed by atoms with E-state index in [0.29, 0.717) is 30.6 Å². The predicted molar refractivity (Wildman–Crippen MR) is 127 cm³/mol. The zero-order chi connectivity index (χ0) is 24.1. The largest absolute Gasteiger partial charge is 0.508 e. The average Bonchev–Trinajstić information content (AvgIpc) is 3.35.